The van der Waals surface area contributed by atoms with Gasteiger partial charge in [-0.25, -0.2) is 24.3 Å². The van der Waals surface area contributed by atoms with Gasteiger partial charge in [-0.2, -0.15) is 24.3 Å². The van der Waals surface area contributed by atoms with Crippen molar-refractivity contribution in [1.82, 2.24) is 0 Å². The first-order valence-corrected chi connectivity index (χ1v) is 15.5. The van der Waals surface area contributed by atoms with Crippen molar-refractivity contribution >= 4 is 26.5 Å². The Labute approximate surface area is 206 Å². The Balaban J connectivity index is 0.000000213. The molecule has 0 nitrogen and oxygen atoms in total. The summed E-state index contributed by atoms with van der Waals surface area (Å²) in [6.45, 7) is 9.64. The Morgan fingerprint density at radius 3 is 1.26 bits per heavy atom. The summed E-state index contributed by atoms with van der Waals surface area (Å²) in [5.41, 5.74) is 3.73. The maximum Gasteiger partial charge on any atom is 2.00 e. The van der Waals surface area contributed by atoms with E-state index in [0.29, 0.717) is 0 Å². The molecule has 2 aromatic rings. The minimum absolute atomic E-state index is 0. The van der Waals surface area contributed by atoms with E-state index in [1.165, 1.54) is 64.2 Å². The van der Waals surface area contributed by atoms with Crippen molar-refractivity contribution in [3.8, 4) is 0 Å². The zero-order valence-corrected chi connectivity index (χ0v) is 23.1. The molecular weight excluding hydrogens is 454 g/mol. The van der Waals surface area contributed by atoms with Crippen LogP contribution in [-0.2, 0) is 17.1 Å². The zero-order chi connectivity index (χ0) is 21.3. The first-order chi connectivity index (χ1) is 14.6. The summed E-state index contributed by atoms with van der Waals surface area (Å²) >= 11 is 0. The molecule has 31 heavy (non-hydrogen) atoms. The normalized spacial score (nSPS) is 20.1. The molecule has 2 saturated carbocycles. The standard InChI is InChI=1S/2C14H22P.Fe/c2*1-12(2)15(14-10-6-7-11-14)13-8-4-3-5-9-13;/h2*6-7,10-13H,3-5,8-9H2,1-2H3;/q2*-1;+2. The second-order valence-electron chi connectivity index (χ2n) is 9.87. The van der Waals surface area contributed by atoms with Crippen LogP contribution >= 0.6 is 15.8 Å². The third kappa shape index (κ3) is 8.11. The van der Waals surface area contributed by atoms with Crippen molar-refractivity contribution < 1.29 is 17.1 Å². The molecule has 0 aliphatic heterocycles. The first-order valence-electron chi connectivity index (χ1n) is 12.6. The molecule has 0 heterocycles. The van der Waals surface area contributed by atoms with Gasteiger partial charge in [0.2, 0.25) is 0 Å². The van der Waals surface area contributed by atoms with Gasteiger partial charge >= 0.3 is 17.1 Å². The molecule has 0 bridgehead atoms. The SMILES string of the molecule is CC(C)P(c1ccc[cH-]1)C1CCCCC1.CC(C)P(c1ccc[cH-]1)C1CCCCC1.[Fe+2]. The van der Waals surface area contributed by atoms with Crippen LogP contribution in [0.2, 0.25) is 0 Å². The molecule has 174 valence electrons. The van der Waals surface area contributed by atoms with Crippen LogP contribution in [-0.4, -0.2) is 22.6 Å². The van der Waals surface area contributed by atoms with E-state index < -0.39 is 0 Å². The molecule has 0 radical (unpaired) electrons. The summed E-state index contributed by atoms with van der Waals surface area (Å²) in [4.78, 5) is 0. The summed E-state index contributed by atoms with van der Waals surface area (Å²) in [6, 6.07) is 18.2. The van der Waals surface area contributed by atoms with Crippen LogP contribution in [0.4, 0.5) is 0 Å². The second kappa shape index (κ2) is 14.4. The van der Waals surface area contributed by atoms with Crippen LogP contribution in [0.1, 0.15) is 91.9 Å². The summed E-state index contributed by atoms with van der Waals surface area (Å²) in [7, 11) is 0.208. The van der Waals surface area contributed by atoms with Crippen molar-refractivity contribution in [2.24, 2.45) is 0 Å². The molecule has 0 spiro atoms. The second-order valence-corrected chi connectivity index (χ2v) is 16.1. The zero-order valence-electron chi connectivity index (χ0n) is 20.2. The Morgan fingerprint density at radius 1 is 0.645 bits per heavy atom. The Bertz CT molecular complexity index is 602. The topological polar surface area (TPSA) is 0 Å². The maximum absolute atomic E-state index is 2.41. The number of hydrogen-bond acceptors (Lipinski definition) is 0. The van der Waals surface area contributed by atoms with Gasteiger partial charge in [0.1, 0.15) is 0 Å². The van der Waals surface area contributed by atoms with Gasteiger partial charge in [-0.15, -0.1) is 10.6 Å². The van der Waals surface area contributed by atoms with Crippen LogP contribution in [0.5, 0.6) is 0 Å². The average Bonchev–Trinajstić information content (AvgIpc) is 3.45. The van der Waals surface area contributed by atoms with E-state index in [-0.39, 0.29) is 32.9 Å². The third-order valence-corrected chi connectivity index (χ3v) is 13.6. The molecule has 0 saturated heterocycles. The van der Waals surface area contributed by atoms with Gasteiger partial charge in [0, 0.05) is 0 Å². The van der Waals surface area contributed by atoms with E-state index in [1.807, 2.05) is 0 Å². The maximum atomic E-state index is 2.41. The Morgan fingerprint density at radius 2 is 1.00 bits per heavy atom. The van der Waals surface area contributed by atoms with E-state index in [4.69, 9.17) is 0 Å². The third-order valence-electron chi connectivity index (χ3n) is 6.94. The molecule has 2 atom stereocenters. The molecule has 2 unspecified atom stereocenters. The molecular formula is C28H44FeP2. The molecule has 0 aromatic heterocycles. The molecule has 0 N–H and O–H groups in total. The average molecular weight is 498 g/mol. The fraction of sp³-hybridized carbons (Fsp3) is 0.643. The molecule has 0 amide bonds. The van der Waals surface area contributed by atoms with Gasteiger partial charge < -0.3 is 0 Å². The van der Waals surface area contributed by atoms with Gasteiger partial charge in [0.15, 0.2) is 0 Å². The van der Waals surface area contributed by atoms with Gasteiger partial charge in [-0.05, 0) is 48.3 Å². The summed E-state index contributed by atoms with van der Waals surface area (Å²) < 4.78 is 0. The van der Waals surface area contributed by atoms with Crippen LogP contribution in [0.15, 0.2) is 48.5 Å². The minimum Gasteiger partial charge on any atom is -0.213 e. The minimum atomic E-state index is 0. The van der Waals surface area contributed by atoms with E-state index in [0.717, 1.165) is 22.6 Å². The van der Waals surface area contributed by atoms with E-state index in [2.05, 4.69) is 76.2 Å². The molecule has 4 rings (SSSR count). The molecule has 3 heteroatoms. The number of rotatable bonds is 6. The molecule has 2 aliphatic carbocycles. The van der Waals surface area contributed by atoms with Crippen molar-refractivity contribution in [3.63, 3.8) is 0 Å². The summed E-state index contributed by atoms with van der Waals surface area (Å²) in [6.07, 6.45) is 14.7. The Kier molecular flexibility index (Phi) is 12.7. The molecule has 2 fully saturated rings. The summed E-state index contributed by atoms with van der Waals surface area (Å²) in [5, 5.41) is 3.29. The van der Waals surface area contributed by atoms with Crippen LogP contribution in [0, 0.1) is 0 Å². The number of hydrogen-bond donors (Lipinski definition) is 0. The molecule has 2 aromatic carbocycles. The largest absolute Gasteiger partial charge is 2.00 e. The van der Waals surface area contributed by atoms with Gasteiger partial charge in [-0.3, -0.25) is 0 Å². The van der Waals surface area contributed by atoms with E-state index in [9.17, 15) is 0 Å². The predicted octanol–water partition coefficient (Wildman–Crippen LogP) is 8.51. The van der Waals surface area contributed by atoms with Crippen LogP contribution in [0.25, 0.3) is 0 Å². The fourth-order valence-electron chi connectivity index (χ4n) is 5.65. The van der Waals surface area contributed by atoms with Gasteiger partial charge in [-0.1, -0.05) is 82.1 Å². The van der Waals surface area contributed by atoms with Crippen LogP contribution < -0.4 is 10.6 Å². The predicted molar refractivity (Wildman–Crippen MR) is 141 cm³/mol. The smallest absolute Gasteiger partial charge is 0.213 e. The Hall–Kier alpha value is 0.0795. The monoisotopic (exact) mass is 498 g/mol. The van der Waals surface area contributed by atoms with Gasteiger partial charge in [0.25, 0.3) is 0 Å². The fourth-order valence-corrected chi connectivity index (χ4v) is 12.2. The van der Waals surface area contributed by atoms with Crippen molar-refractivity contribution in [3.05, 3.63) is 48.5 Å². The van der Waals surface area contributed by atoms with Crippen LogP contribution in [0.3, 0.4) is 0 Å². The quantitative estimate of drug-likeness (QED) is 0.213. The first kappa shape index (κ1) is 27.3. The molecule has 2 aliphatic rings. The summed E-state index contributed by atoms with van der Waals surface area (Å²) in [5.74, 6) is 0. The van der Waals surface area contributed by atoms with Crippen molar-refractivity contribution in [2.45, 2.75) is 115 Å². The van der Waals surface area contributed by atoms with Crippen molar-refractivity contribution in [1.29, 1.82) is 0 Å². The van der Waals surface area contributed by atoms with Crippen molar-refractivity contribution in [2.75, 3.05) is 0 Å². The van der Waals surface area contributed by atoms with Gasteiger partial charge in [0.05, 0.1) is 0 Å². The van der Waals surface area contributed by atoms with E-state index >= 15 is 0 Å². The van der Waals surface area contributed by atoms with E-state index in [1.54, 1.807) is 10.6 Å².